The van der Waals surface area contributed by atoms with E-state index in [1.165, 1.54) is 6.26 Å². The molecule has 0 saturated carbocycles. The van der Waals surface area contributed by atoms with Crippen LogP contribution in [0.3, 0.4) is 0 Å². The van der Waals surface area contributed by atoms with E-state index in [1.54, 1.807) is 11.8 Å². The summed E-state index contributed by atoms with van der Waals surface area (Å²) in [5.41, 5.74) is 0. The Morgan fingerprint density at radius 1 is 1.56 bits per heavy atom. The summed E-state index contributed by atoms with van der Waals surface area (Å²) in [4.78, 5) is 4.36. The molecule has 0 aromatic heterocycles. The van der Waals surface area contributed by atoms with E-state index in [0.29, 0.717) is 17.7 Å². The van der Waals surface area contributed by atoms with Crippen LogP contribution in [0.25, 0.3) is 0 Å². The molecular formula is C10H20N2O2S2. The first kappa shape index (κ1) is 13.8. The number of rotatable bonds is 5. The van der Waals surface area contributed by atoms with Crippen LogP contribution in [0.2, 0.25) is 0 Å². The van der Waals surface area contributed by atoms with Gasteiger partial charge in [-0.15, -0.1) is 0 Å². The summed E-state index contributed by atoms with van der Waals surface area (Å²) in [7, 11) is -2.88. The second-order valence-corrected chi connectivity index (χ2v) is 8.12. The van der Waals surface area contributed by atoms with Crippen molar-refractivity contribution in [1.82, 2.24) is 5.32 Å². The maximum atomic E-state index is 10.9. The molecule has 0 aromatic carbocycles. The van der Waals surface area contributed by atoms with Crippen LogP contribution in [0.1, 0.15) is 20.3 Å². The molecule has 0 aliphatic carbocycles. The maximum absolute atomic E-state index is 10.9. The van der Waals surface area contributed by atoms with E-state index in [4.69, 9.17) is 0 Å². The molecule has 0 amide bonds. The Balaban J connectivity index is 2.21. The monoisotopic (exact) mass is 264 g/mol. The predicted molar refractivity (Wildman–Crippen MR) is 70.8 cm³/mol. The minimum absolute atomic E-state index is 0.168. The third kappa shape index (κ3) is 5.75. The highest BCUT2D eigenvalue weighted by molar-refractivity contribution is 8.14. The minimum Gasteiger partial charge on any atom is -0.364 e. The zero-order valence-electron chi connectivity index (χ0n) is 10.1. The lowest BCUT2D eigenvalue weighted by atomic mass is 10.1. The number of thioether (sulfide) groups is 1. The summed E-state index contributed by atoms with van der Waals surface area (Å²) in [5.74, 6) is 0.851. The van der Waals surface area contributed by atoms with Crippen LogP contribution in [0, 0.1) is 5.92 Å². The van der Waals surface area contributed by atoms with Crippen molar-refractivity contribution in [2.24, 2.45) is 10.9 Å². The van der Waals surface area contributed by atoms with Crippen LogP contribution in [0.4, 0.5) is 0 Å². The van der Waals surface area contributed by atoms with Crippen molar-refractivity contribution in [3.05, 3.63) is 0 Å². The Morgan fingerprint density at radius 2 is 2.25 bits per heavy atom. The average Bonchev–Trinajstić information content (AvgIpc) is 2.49. The standard InChI is InChI=1S/C10H20N2O2S2/c1-8(2)6-9-7-12-10(15-9)11-4-5-16(3,13)14/h8-9H,4-7H2,1-3H3,(H,11,12). The van der Waals surface area contributed by atoms with Gasteiger partial charge in [-0.1, -0.05) is 25.6 Å². The van der Waals surface area contributed by atoms with E-state index in [9.17, 15) is 8.42 Å². The van der Waals surface area contributed by atoms with E-state index in [2.05, 4.69) is 24.2 Å². The van der Waals surface area contributed by atoms with Crippen molar-refractivity contribution in [2.45, 2.75) is 25.5 Å². The van der Waals surface area contributed by atoms with Gasteiger partial charge in [0, 0.05) is 18.1 Å². The van der Waals surface area contributed by atoms with Crippen LogP contribution in [0.5, 0.6) is 0 Å². The van der Waals surface area contributed by atoms with Gasteiger partial charge in [0.15, 0.2) is 5.17 Å². The van der Waals surface area contributed by atoms with Crippen molar-refractivity contribution >= 4 is 26.8 Å². The molecule has 16 heavy (non-hydrogen) atoms. The molecule has 1 aliphatic heterocycles. The molecule has 4 nitrogen and oxygen atoms in total. The zero-order chi connectivity index (χ0) is 12.2. The van der Waals surface area contributed by atoms with E-state index in [1.807, 2.05) is 0 Å². The average molecular weight is 264 g/mol. The van der Waals surface area contributed by atoms with Crippen molar-refractivity contribution in [1.29, 1.82) is 0 Å². The second-order valence-electron chi connectivity index (χ2n) is 4.57. The smallest absolute Gasteiger partial charge is 0.156 e. The van der Waals surface area contributed by atoms with Gasteiger partial charge in [-0.2, -0.15) is 0 Å². The molecule has 1 aliphatic rings. The lowest BCUT2D eigenvalue weighted by Gasteiger charge is -2.10. The number of hydrogen-bond donors (Lipinski definition) is 1. The Labute approximate surface area is 102 Å². The second kappa shape index (κ2) is 5.91. The van der Waals surface area contributed by atoms with Gasteiger partial charge in [0.2, 0.25) is 0 Å². The normalized spacial score (nSPS) is 21.2. The fraction of sp³-hybridized carbons (Fsp3) is 0.900. The van der Waals surface area contributed by atoms with Crippen molar-refractivity contribution < 1.29 is 8.42 Å². The third-order valence-electron chi connectivity index (χ3n) is 2.20. The fourth-order valence-electron chi connectivity index (χ4n) is 1.51. The van der Waals surface area contributed by atoms with Crippen LogP contribution >= 0.6 is 11.8 Å². The van der Waals surface area contributed by atoms with Crippen molar-refractivity contribution in [3.63, 3.8) is 0 Å². The number of amidine groups is 1. The van der Waals surface area contributed by atoms with Gasteiger partial charge < -0.3 is 5.32 Å². The summed E-state index contributed by atoms with van der Waals surface area (Å²) in [6.45, 7) is 5.72. The van der Waals surface area contributed by atoms with Crippen molar-refractivity contribution in [3.8, 4) is 0 Å². The summed E-state index contributed by atoms with van der Waals surface area (Å²) in [5, 5.41) is 4.53. The third-order valence-corrected chi connectivity index (χ3v) is 4.32. The van der Waals surface area contributed by atoms with Crippen LogP contribution in [0.15, 0.2) is 4.99 Å². The fourth-order valence-corrected chi connectivity index (χ4v) is 3.26. The first-order chi connectivity index (χ1) is 7.37. The molecule has 1 heterocycles. The van der Waals surface area contributed by atoms with Crippen LogP contribution in [-0.4, -0.2) is 43.9 Å². The van der Waals surface area contributed by atoms with Gasteiger partial charge >= 0.3 is 0 Å². The first-order valence-electron chi connectivity index (χ1n) is 5.49. The summed E-state index contributed by atoms with van der Waals surface area (Å²) in [6, 6.07) is 0. The van der Waals surface area contributed by atoms with Crippen LogP contribution in [-0.2, 0) is 9.84 Å². The Morgan fingerprint density at radius 3 is 2.81 bits per heavy atom. The number of nitrogens with one attached hydrogen (secondary N) is 1. The molecule has 0 saturated heterocycles. The Kier molecular flexibility index (Phi) is 5.11. The van der Waals surface area contributed by atoms with Gasteiger partial charge in [0.25, 0.3) is 0 Å². The maximum Gasteiger partial charge on any atom is 0.156 e. The number of nitrogens with zero attached hydrogens (tertiary/aromatic N) is 1. The highest BCUT2D eigenvalue weighted by Crippen LogP contribution is 2.25. The highest BCUT2D eigenvalue weighted by Gasteiger charge is 2.20. The van der Waals surface area contributed by atoms with Gasteiger partial charge in [-0.05, 0) is 12.3 Å². The quantitative estimate of drug-likeness (QED) is 0.809. The number of hydrogen-bond acceptors (Lipinski definition) is 5. The largest absolute Gasteiger partial charge is 0.364 e. The van der Waals surface area contributed by atoms with E-state index in [-0.39, 0.29) is 5.75 Å². The molecule has 1 unspecified atom stereocenters. The van der Waals surface area contributed by atoms with Gasteiger partial charge in [0.1, 0.15) is 9.84 Å². The van der Waals surface area contributed by atoms with Crippen molar-refractivity contribution in [2.75, 3.05) is 25.1 Å². The minimum atomic E-state index is -2.88. The van der Waals surface area contributed by atoms with Gasteiger partial charge in [-0.25, -0.2) is 8.42 Å². The molecule has 1 atom stereocenters. The topological polar surface area (TPSA) is 58.5 Å². The molecule has 0 spiro atoms. The van der Waals surface area contributed by atoms with Crippen LogP contribution < -0.4 is 5.32 Å². The molecular weight excluding hydrogens is 244 g/mol. The van der Waals surface area contributed by atoms with E-state index >= 15 is 0 Å². The molecule has 0 bridgehead atoms. The molecule has 94 valence electrons. The highest BCUT2D eigenvalue weighted by atomic mass is 32.2. The Hall–Kier alpha value is -0.230. The summed E-state index contributed by atoms with van der Waals surface area (Å²) < 4.78 is 21.9. The lowest BCUT2D eigenvalue weighted by molar-refractivity contribution is 0.575. The van der Waals surface area contributed by atoms with Gasteiger partial charge in [0.05, 0.1) is 12.3 Å². The number of aliphatic imine (C=N–C) groups is 1. The van der Waals surface area contributed by atoms with E-state index in [0.717, 1.165) is 18.1 Å². The zero-order valence-corrected chi connectivity index (χ0v) is 11.7. The molecule has 1 rings (SSSR count). The Bertz CT molecular complexity index is 350. The SMILES string of the molecule is CC(C)CC1CN=C(NCCS(C)(=O)=O)S1. The molecule has 0 radical (unpaired) electrons. The predicted octanol–water partition coefficient (Wildman–Crippen LogP) is 1.14. The molecule has 0 fully saturated rings. The van der Waals surface area contributed by atoms with Gasteiger partial charge in [-0.3, -0.25) is 4.99 Å². The summed E-state index contributed by atoms with van der Waals surface area (Å²) in [6.07, 6.45) is 2.41. The summed E-state index contributed by atoms with van der Waals surface area (Å²) >= 11 is 1.73. The molecule has 0 aromatic rings. The molecule has 6 heteroatoms. The number of sulfone groups is 1. The first-order valence-corrected chi connectivity index (χ1v) is 8.43. The van der Waals surface area contributed by atoms with E-state index < -0.39 is 9.84 Å². The lowest BCUT2D eigenvalue weighted by Crippen LogP contribution is -2.26. The molecule has 1 N–H and O–H groups in total.